The van der Waals surface area contributed by atoms with Gasteiger partial charge in [-0.05, 0) is 37.6 Å². The van der Waals surface area contributed by atoms with Gasteiger partial charge < -0.3 is 4.90 Å². The quantitative estimate of drug-likeness (QED) is 0.447. The number of benzene rings is 1. The molecular weight excluding hydrogens is 312 g/mol. The third-order valence-corrected chi connectivity index (χ3v) is 4.88. The summed E-state index contributed by atoms with van der Waals surface area (Å²) in [4.78, 5) is 16.8. The van der Waals surface area contributed by atoms with Gasteiger partial charge in [-0.3, -0.25) is 9.69 Å². The largest absolute Gasteiger partial charge is 0.372 e. The summed E-state index contributed by atoms with van der Waals surface area (Å²) >= 11 is 6.58. The Kier molecular flexibility index (Phi) is 5.80. The Balaban J connectivity index is 2.18. The summed E-state index contributed by atoms with van der Waals surface area (Å²) < 4.78 is 0.593. The minimum absolute atomic E-state index is 0.0391. The van der Waals surface area contributed by atoms with E-state index in [9.17, 15) is 4.79 Å². The highest BCUT2D eigenvalue weighted by Crippen LogP contribution is 2.32. The molecule has 2 rings (SSSR count). The van der Waals surface area contributed by atoms with Crippen LogP contribution < -0.4 is 4.90 Å². The Morgan fingerprint density at radius 2 is 1.91 bits per heavy atom. The number of carbonyl (C=O) groups is 1. The number of rotatable bonds is 6. The molecule has 0 saturated carbocycles. The van der Waals surface area contributed by atoms with E-state index in [1.165, 1.54) is 17.4 Å². The van der Waals surface area contributed by atoms with Gasteiger partial charge in [-0.25, -0.2) is 0 Å². The van der Waals surface area contributed by atoms with Crippen LogP contribution in [0.1, 0.15) is 19.4 Å². The summed E-state index contributed by atoms with van der Waals surface area (Å²) in [6.07, 6.45) is 3.58. The lowest BCUT2D eigenvalue weighted by atomic mass is 10.1. The van der Waals surface area contributed by atoms with E-state index in [-0.39, 0.29) is 5.91 Å². The van der Waals surface area contributed by atoms with Crippen LogP contribution in [0, 0.1) is 0 Å². The molecule has 0 aromatic heterocycles. The maximum Gasteiger partial charge on any atom is 0.266 e. The van der Waals surface area contributed by atoms with Crippen LogP contribution in [-0.4, -0.2) is 34.8 Å². The van der Waals surface area contributed by atoms with Crippen molar-refractivity contribution in [2.75, 3.05) is 24.5 Å². The first-order chi connectivity index (χ1) is 10.6. The summed E-state index contributed by atoms with van der Waals surface area (Å²) in [5, 5.41) is 0. The third-order valence-electron chi connectivity index (χ3n) is 3.50. The molecule has 0 radical (unpaired) electrons. The average molecular weight is 332 g/mol. The van der Waals surface area contributed by atoms with Gasteiger partial charge in [0.1, 0.15) is 4.32 Å². The molecule has 116 valence electrons. The molecule has 0 aliphatic carbocycles. The molecule has 1 aliphatic rings. The molecule has 0 bridgehead atoms. The van der Waals surface area contributed by atoms with Crippen LogP contribution in [0.5, 0.6) is 0 Å². The normalized spacial score (nSPS) is 16.5. The maximum absolute atomic E-state index is 12.3. The van der Waals surface area contributed by atoms with Crippen molar-refractivity contribution < 1.29 is 4.79 Å². The number of amides is 1. The molecule has 0 unspecified atom stereocenters. The number of carbonyl (C=O) groups excluding carboxylic acids is 1. The molecule has 1 aliphatic heterocycles. The number of nitrogens with zero attached hydrogens (tertiary/aromatic N) is 2. The second-order valence-electron chi connectivity index (χ2n) is 4.84. The zero-order valence-electron chi connectivity index (χ0n) is 12.9. The van der Waals surface area contributed by atoms with E-state index in [1.807, 2.05) is 18.2 Å². The van der Waals surface area contributed by atoms with E-state index >= 15 is 0 Å². The number of hydrogen-bond acceptors (Lipinski definition) is 4. The lowest BCUT2D eigenvalue weighted by molar-refractivity contribution is -0.121. The first kappa shape index (κ1) is 16.8. The van der Waals surface area contributed by atoms with Crippen LogP contribution in [0.3, 0.4) is 0 Å². The van der Waals surface area contributed by atoms with Crippen LogP contribution in [-0.2, 0) is 4.79 Å². The molecule has 22 heavy (non-hydrogen) atoms. The van der Waals surface area contributed by atoms with Crippen LogP contribution in [0.15, 0.2) is 41.8 Å². The summed E-state index contributed by atoms with van der Waals surface area (Å²) in [5.41, 5.74) is 2.20. The van der Waals surface area contributed by atoms with Gasteiger partial charge in [0.2, 0.25) is 0 Å². The van der Waals surface area contributed by atoms with Crippen LogP contribution in [0.2, 0.25) is 0 Å². The van der Waals surface area contributed by atoms with Crippen LogP contribution in [0.4, 0.5) is 5.69 Å². The van der Waals surface area contributed by atoms with E-state index in [0.717, 1.165) is 18.7 Å². The predicted molar refractivity (Wildman–Crippen MR) is 100 cm³/mol. The summed E-state index contributed by atoms with van der Waals surface area (Å²) in [5.74, 6) is -0.0391. The highest BCUT2D eigenvalue weighted by Gasteiger charge is 2.30. The van der Waals surface area contributed by atoms with Gasteiger partial charge in [0.25, 0.3) is 5.91 Å². The van der Waals surface area contributed by atoms with Gasteiger partial charge in [-0.2, -0.15) is 0 Å². The zero-order valence-corrected chi connectivity index (χ0v) is 14.5. The van der Waals surface area contributed by atoms with Gasteiger partial charge in [0, 0.05) is 25.3 Å². The van der Waals surface area contributed by atoms with Gasteiger partial charge in [0.05, 0.1) is 4.91 Å². The highest BCUT2D eigenvalue weighted by atomic mass is 32.2. The Hall–Kier alpha value is -1.59. The van der Waals surface area contributed by atoms with Gasteiger partial charge in [-0.1, -0.05) is 42.2 Å². The molecular formula is C17H20N2OS2. The van der Waals surface area contributed by atoms with Crippen molar-refractivity contribution >= 4 is 46.0 Å². The Labute approximate surface area is 141 Å². The van der Waals surface area contributed by atoms with E-state index < -0.39 is 0 Å². The van der Waals surface area contributed by atoms with Gasteiger partial charge in [0.15, 0.2) is 0 Å². The summed E-state index contributed by atoms with van der Waals surface area (Å²) in [7, 11) is 0. The second kappa shape index (κ2) is 7.61. The van der Waals surface area contributed by atoms with Crippen molar-refractivity contribution in [1.29, 1.82) is 0 Å². The standard InChI is InChI=1S/C17H20N2OS2/c1-4-11-19-16(20)15(22-17(19)21)12-13-7-9-14(10-8-13)18(5-2)6-3/h4,7-10,12H,1,5-6,11H2,2-3H3/b15-12-. The Morgan fingerprint density at radius 3 is 2.45 bits per heavy atom. The SMILES string of the molecule is C=CCN1C(=O)/C(=C/c2ccc(N(CC)CC)cc2)SC1=S. The average Bonchev–Trinajstić information content (AvgIpc) is 2.78. The molecule has 1 amide bonds. The first-order valence-corrected chi connectivity index (χ1v) is 8.54. The van der Waals surface area contributed by atoms with E-state index in [0.29, 0.717) is 15.8 Å². The van der Waals surface area contributed by atoms with Gasteiger partial charge >= 0.3 is 0 Å². The molecule has 5 heteroatoms. The number of hydrogen-bond donors (Lipinski definition) is 0. The first-order valence-electron chi connectivity index (χ1n) is 7.32. The van der Waals surface area contributed by atoms with E-state index in [4.69, 9.17) is 12.2 Å². The molecule has 0 spiro atoms. The molecule has 1 saturated heterocycles. The lowest BCUT2D eigenvalue weighted by Crippen LogP contribution is -2.27. The van der Waals surface area contributed by atoms with Crippen molar-refractivity contribution in [3.8, 4) is 0 Å². The van der Waals surface area contributed by atoms with E-state index in [2.05, 4.69) is 37.5 Å². The number of thiocarbonyl (C=S) groups is 1. The minimum atomic E-state index is -0.0391. The molecule has 1 fully saturated rings. The predicted octanol–water partition coefficient (Wildman–Crippen LogP) is 3.92. The molecule has 0 atom stereocenters. The molecule has 1 aromatic carbocycles. The van der Waals surface area contributed by atoms with E-state index in [1.54, 1.807) is 11.0 Å². The maximum atomic E-state index is 12.3. The summed E-state index contributed by atoms with van der Waals surface area (Å²) in [6, 6.07) is 8.24. The minimum Gasteiger partial charge on any atom is -0.372 e. The monoisotopic (exact) mass is 332 g/mol. The lowest BCUT2D eigenvalue weighted by Gasteiger charge is -2.20. The van der Waals surface area contributed by atoms with Crippen molar-refractivity contribution in [3.63, 3.8) is 0 Å². The number of anilines is 1. The highest BCUT2D eigenvalue weighted by molar-refractivity contribution is 8.26. The smallest absolute Gasteiger partial charge is 0.266 e. The Morgan fingerprint density at radius 1 is 1.27 bits per heavy atom. The van der Waals surface area contributed by atoms with Gasteiger partial charge in [-0.15, -0.1) is 6.58 Å². The fourth-order valence-electron chi connectivity index (χ4n) is 2.31. The molecule has 1 heterocycles. The third kappa shape index (κ3) is 3.59. The van der Waals surface area contributed by atoms with Crippen LogP contribution in [0.25, 0.3) is 6.08 Å². The van der Waals surface area contributed by atoms with Crippen molar-refractivity contribution in [1.82, 2.24) is 4.90 Å². The molecule has 1 aromatic rings. The number of thioether (sulfide) groups is 1. The Bertz CT molecular complexity index is 604. The van der Waals surface area contributed by atoms with Crippen molar-refractivity contribution in [2.45, 2.75) is 13.8 Å². The van der Waals surface area contributed by atoms with Crippen molar-refractivity contribution in [2.24, 2.45) is 0 Å². The molecule has 3 nitrogen and oxygen atoms in total. The fourth-order valence-corrected chi connectivity index (χ4v) is 3.58. The summed E-state index contributed by atoms with van der Waals surface area (Å²) in [6.45, 7) is 10.4. The van der Waals surface area contributed by atoms with Crippen LogP contribution >= 0.6 is 24.0 Å². The second-order valence-corrected chi connectivity index (χ2v) is 6.52. The fraction of sp³-hybridized carbons (Fsp3) is 0.294. The topological polar surface area (TPSA) is 23.6 Å². The van der Waals surface area contributed by atoms with Crippen molar-refractivity contribution in [3.05, 3.63) is 47.4 Å². The zero-order chi connectivity index (χ0) is 16.1. The molecule has 0 N–H and O–H groups in total.